The number of nitrogens with zero attached hydrogens (tertiary/aromatic N) is 1. The molecule has 0 bridgehead atoms. The van der Waals surface area contributed by atoms with Crippen LogP contribution in [0.25, 0.3) is 0 Å². The molecule has 0 spiro atoms. The second-order valence-corrected chi connectivity index (χ2v) is 9.96. The van der Waals surface area contributed by atoms with Gasteiger partial charge in [0, 0.05) is 26.8 Å². The Morgan fingerprint density at radius 3 is 2.37 bits per heavy atom. The molecule has 1 aliphatic heterocycles. The zero-order valence-corrected chi connectivity index (χ0v) is 20.6. The number of nitrogens with one attached hydrogen (secondary N) is 1. The molecule has 1 heterocycles. The Balaban J connectivity index is 1.84. The van der Waals surface area contributed by atoms with Crippen LogP contribution in [0.3, 0.4) is 0 Å². The van der Waals surface area contributed by atoms with Crippen molar-refractivity contribution in [1.82, 2.24) is 4.31 Å². The van der Waals surface area contributed by atoms with Gasteiger partial charge in [-0.1, -0.05) is 6.07 Å². The number of carbonyl (C=O) groups is 1. The number of likely N-dealkylation sites (N-methyl/N-ethyl adjacent to an activating group) is 1. The molecule has 35 heavy (non-hydrogen) atoms. The first-order valence-corrected chi connectivity index (χ1v) is 12.2. The van der Waals surface area contributed by atoms with Crippen LogP contribution in [0.2, 0.25) is 0 Å². The minimum atomic E-state index is -4.05. The highest BCUT2D eigenvalue weighted by Gasteiger charge is 2.31. The van der Waals surface area contributed by atoms with Gasteiger partial charge in [-0.25, -0.2) is 8.42 Å². The molecule has 0 radical (unpaired) electrons. The third-order valence-corrected chi connectivity index (χ3v) is 7.36. The zero-order chi connectivity index (χ0) is 25.2. The predicted octanol–water partition coefficient (Wildman–Crippen LogP) is 4.42. The normalized spacial score (nSPS) is 12.8. The molecule has 3 aromatic rings. The molecule has 1 amide bonds. The first-order valence-electron chi connectivity index (χ1n) is 10.8. The highest BCUT2D eigenvalue weighted by molar-refractivity contribution is 7.89. The van der Waals surface area contributed by atoms with E-state index in [0.717, 1.165) is 9.87 Å². The molecule has 0 fully saturated rings. The summed E-state index contributed by atoms with van der Waals surface area (Å²) >= 11 is 0. The van der Waals surface area contributed by atoms with Crippen LogP contribution in [0.5, 0.6) is 28.7 Å². The highest BCUT2D eigenvalue weighted by atomic mass is 32.2. The fourth-order valence-electron chi connectivity index (χ4n) is 3.50. The van der Waals surface area contributed by atoms with Gasteiger partial charge in [-0.05, 0) is 55.0 Å². The maximum absolute atomic E-state index is 13.5. The lowest BCUT2D eigenvalue weighted by molar-refractivity contribution is 0.102. The molecular formula is C25H26N2O7S. The molecule has 9 nitrogen and oxygen atoms in total. The lowest BCUT2D eigenvalue weighted by Crippen LogP contribution is -2.30. The van der Waals surface area contributed by atoms with E-state index in [2.05, 4.69) is 5.32 Å². The number of fused-ring (bicyclic) bond motifs is 2. The van der Waals surface area contributed by atoms with E-state index in [9.17, 15) is 13.2 Å². The number of hydrogen-bond acceptors (Lipinski definition) is 7. The van der Waals surface area contributed by atoms with Gasteiger partial charge in [0.05, 0.1) is 25.0 Å². The van der Waals surface area contributed by atoms with Crippen molar-refractivity contribution in [3.05, 3.63) is 65.7 Å². The Labute approximate surface area is 204 Å². The van der Waals surface area contributed by atoms with Crippen molar-refractivity contribution in [3.63, 3.8) is 0 Å². The highest BCUT2D eigenvalue weighted by Crippen LogP contribution is 2.42. The molecule has 3 aromatic carbocycles. The van der Waals surface area contributed by atoms with E-state index in [1.54, 1.807) is 43.5 Å². The smallest absolute Gasteiger partial charge is 0.259 e. The van der Waals surface area contributed by atoms with E-state index >= 15 is 0 Å². The SMILES string of the molecule is COCCN(C)S(=O)(=O)c1cc2c(cc1Oc1ccc(OC)cc1)Oc1ccc(C)cc1NC2=O. The summed E-state index contributed by atoms with van der Waals surface area (Å²) in [5.41, 5.74) is 1.50. The van der Waals surface area contributed by atoms with Crippen molar-refractivity contribution in [3.8, 4) is 28.7 Å². The summed E-state index contributed by atoms with van der Waals surface area (Å²) in [6.45, 7) is 2.21. The summed E-state index contributed by atoms with van der Waals surface area (Å²) in [6, 6.07) is 14.8. The van der Waals surface area contributed by atoms with Crippen LogP contribution in [-0.4, -0.2) is 53.0 Å². The average molecular weight is 499 g/mol. The number of anilines is 1. The maximum atomic E-state index is 13.5. The van der Waals surface area contributed by atoms with Crippen molar-refractivity contribution >= 4 is 21.6 Å². The largest absolute Gasteiger partial charge is 0.497 e. The van der Waals surface area contributed by atoms with E-state index in [1.807, 2.05) is 13.0 Å². The Hall–Kier alpha value is -3.60. The second-order valence-electron chi connectivity index (χ2n) is 7.95. The van der Waals surface area contributed by atoms with Crippen molar-refractivity contribution in [1.29, 1.82) is 0 Å². The van der Waals surface area contributed by atoms with Gasteiger partial charge in [0.15, 0.2) is 11.5 Å². The third-order valence-electron chi connectivity index (χ3n) is 5.48. The molecule has 184 valence electrons. The number of ether oxygens (including phenoxy) is 4. The van der Waals surface area contributed by atoms with Crippen LogP contribution in [-0.2, 0) is 14.8 Å². The third kappa shape index (κ3) is 5.09. The molecule has 0 unspecified atom stereocenters. The van der Waals surface area contributed by atoms with E-state index in [4.69, 9.17) is 18.9 Å². The van der Waals surface area contributed by atoms with Gasteiger partial charge in [0.2, 0.25) is 10.0 Å². The van der Waals surface area contributed by atoms with Crippen LogP contribution < -0.4 is 19.5 Å². The fraction of sp³-hybridized carbons (Fsp3) is 0.240. The van der Waals surface area contributed by atoms with E-state index in [1.165, 1.54) is 26.3 Å². The summed E-state index contributed by atoms with van der Waals surface area (Å²) in [6.07, 6.45) is 0. The molecule has 0 saturated carbocycles. The fourth-order valence-corrected chi connectivity index (χ4v) is 4.77. The average Bonchev–Trinajstić information content (AvgIpc) is 2.97. The van der Waals surface area contributed by atoms with E-state index in [-0.39, 0.29) is 35.1 Å². The number of sulfonamides is 1. The lowest BCUT2D eigenvalue weighted by Gasteiger charge is -2.20. The van der Waals surface area contributed by atoms with Crippen molar-refractivity contribution < 1.29 is 32.2 Å². The minimum absolute atomic E-state index is 0.0153. The maximum Gasteiger partial charge on any atom is 0.259 e. The molecule has 0 aromatic heterocycles. The zero-order valence-electron chi connectivity index (χ0n) is 19.8. The van der Waals surface area contributed by atoms with Gasteiger partial charge in [0.1, 0.15) is 22.1 Å². The van der Waals surface area contributed by atoms with Gasteiger partial charge < -0.3 is 24.3 Å². The van der Waals surface area contributed by atoms with Gasteiger partial charge in [-0.3, -0.25) is 4.79 Å². The van der Waals surface area contributed by atoms with Crippen LogP contribution in [0.4, 0.5) is 5.69 Å². The van der Waals surface area contributed by atoms with Gasteiger partial charge >= 0.3 is 0 Å². The predicted molar refractivity (Wildman–Crippen MR) is 130 cm³/mol. The quantitative estimate of drug-likeness (QED) is 0.490. The summed E-state index contributed by atoms with van der Waals surface area (Å²) in [4.78, 5) is 12.9. The first-order chi connectivity index (χ1) is 16.7. The summed E-state index contributed by atoms with van der Waals surface area (Å²) in [5, 5.41) is 2.80. The van der Waals surface area contributed by atoms with Crippen LogP contribution >= 0.6 is 0 Å². The molecular weight excluding hydrogens is 472 g/mol. The Kier molecular flexibility index (Phi) is 6.97. The molecule has 1 N–H and O–H groups in total. The number of benzene rings is 3. The van der Waals surface area contributed by atoms with Crippen molar-refractivity contribution in [2.24, 2.45) is 0 Å². The van der Waals surface area contributed by atoms with Gasteiger partial charge in [0.25, 0.3) is 5.91 Å². The van der Waals surface area contributed by atoms with E-state index in [0.29, 0.717) is 22.9 Å². The topological polar surface area (TPSA) is 103 Å². The summed E-state index contributed by atoms with van der Waals surface area (Å²) < 4.78 is 50.3. The number of methoxy groups -OCH3 is 2. The second kappa shape index (κ2) is 9.95. The number of hydrogen-bond donors (Lipinski definition) is 1. The van der Waals surface area contributed by atoms with Crippen molar-refractivity contribution in [2.45, 2.75) is 11.8 Å². The Bertz CT molecular complexity index is 1350. The number of carbonyl (C=O) groups excluding carboxylic acids is 1. The van der Waals surface area contributed by atoms with Gasteiger partial charge in [-0.2, -0.15) is 4.31 Å². The molecule has 0 atom stereocenters. The number of rotatable bonds is 8. The molecule has 10 heteroatoms. The monoisotopic (exact) mass is 498 g/mol. The first kappa shape index (κ1) is 24.5. The van der Waals surface area contributed by atoms with E-state index < -0.39 is 15.9 Å². The van der Waals surface area contributed by atoms with Gasteiger partial charge in [-0.15, -0.1) is 0 Å². The Morgan fingerprint density at radius 1 is 0.971 bits per heavy atom. The molecule has 0 saturated heterocycles. The minimum Gasteiger partial charge on any atom is -0.497 e. The van der Waals surface area contributed by atoms with Crippen LogP contribution in [0, 0.1) is 6.92 Å². The molecule has 1 aliphatic rings. The Morgan fingerprint density at radius 2 is 1.69 bits per heavy atom. The standard InChI is InChI=1S/C25H26N2O7S/c1-16-5-10-21-20(13-16)26-25(28)19-14-24(35(29,30)27(2)11-12-31-3)23(15-22(19)34-21)33-18-8-6-17(32-4)7-9-18/h5-10,13-15H,11-12H2,1-4H3,(H,26,28). The summed E-state index contributed by atoms with van der Waals surface area (Å²) in [7, 11) is 0.422. The molecule has 4 rings (SSSR count). The number of amides is 1. The molecule has 0 aliphatic carbocycles. The lowest BCUT2D eigenvalue weighted by atomic mass is 10.1. The number of aryl methyl sites for hydroxylation is 1. The van der Waals surface area contributed by atoms with Crippen LogP contribution in [0.1, 0.15) is 15.9 Å². The van der Waals surface area contributed by atoms with Crippen LogP contribution in [0.15, 0.2) is 59.5 Å². The summed E-state index contributed by atoms with van der Waals surface area (Å²) in [5.74, 6) is 1.14. The van der Waals surface area contributed by atoms with Crippen molar-refractivity contribution in [2.75, 3.05) is 39.7 Å².